The number of ether oxygens (including phenoxy) is 1. The predicted octanol–water partition coefficient (Wildman–Crippen LogP) is 2.64. The fourth-order valence-corrected chi connectivity index (χ4v) is 2.21. The number of hydrogen-bond donors (Lipinski definition) is 3. The van der Waals surface area contributed by atoms with E-state index in [-0.39, 0.29) is 5.91 Å². The van der Waals surface area contributed by atoms with E-state index in [1.165, 1.54) is 0 Å². The third-order valence-corrected chi connectivity index (χ3v) is 3.43. The third-order valence-electron chi connectivity index (χ3n) is 3.43. The van der Waals surface area contributed by atoms with Gasteiger partial charge < -0.3 is 21.1 Å². The SMILES string of the molecule is CCOCc1ccccc1CNC(=O)c1ccc(NC(N)=O)cc1. The number of benzene rings is 2. The van der Waals surface area contributed by atoms with E-state index >= 15 is 0 Å². The summed E-state index contributed by atoms with van der Waals surface area (Å²) in [4.78, 5) is 23.0. The minimum Gasteiger partial charge on any atom is -0.377 e. The maximum absolute atomic E-state index is 12.2. The molecular formula is C18H21N3O3. The molecule has 0 aliphatic carbocycles. The van der Waals surface area contributed by atoms with Crippen LogP contribution in [-0.2, 0) is 17.9 Å². The average Bonchev–Trinajstić information content (AvgIpc) is 2.58. The van der Waals surface area contributed by atoms with Crippen LogP contribution in [0.4, 0.5) is 10.5 Å². The van der Waals surface area contributed by atoms with Crippen LogP contribution in [-0.4, -0.2) is 18.5 Å². The van der Waals surface area contributed by atoms with Gasteiger partial charge in [-0.1, -0.05) is 24.3 Å². The van der Waals surface area contributed by atoms with Crippen LogP contribution in [0.1, 0.15) is 28.4 Å². The maximum atomic E-state index is 12.2. The van der Waals surface area contributed by atoms with E-state index in [4.69, 9.17) is 10.5 Å². The van der Waals surface area contributed by atoms with Gasteiger partial charge in [-0.15, -0.1) is 0 Å². The van der Waals surface area contributed by atoms with Crippen LogP contribution in [0.3, 0.4) is 0 Å². The maximum Gasteiger partial charge on any atom is 0.316 e. The van der Waals surface area contributed by atoms with Crippen LogP contribution in [0.25, 0.3) is 0 Å². The number of nitrogens with one attached hydrogen (secondary N) is 2. The Labute approximate surface area is 141 Å². The van der Waals surface area contributed by atoms with Crippen molar-refractivity contribution in [2.24, 2.45) is 5.73 Å². The average molecular weight is 327 g/mol. The number of hydrogen-bond acceptors (Lipinski definition) is 3. The van der Waals surface area contributed by atoms with Crippen molar-refractivity contribution in [3.8, 4) is 0 Å². The van der Waals surface area contributed by atoms with Crippen molar-refractivity contribution in [2.75, 3.05) is 11.9 Å². The second-order valence-electron chi connectivity index (χ2n) is 5.16. The molecule has 6 nitrogen and oxygen atoms in total. The molecule has 0 saturated carbocycles. The molecule has 0 bridgehead atoms. The smallest absolute Gasteiger partial charge is 0.316 e. The number of anilines is 1. The second kappa shape index (κ2) is 8.69. The topological polar surface area (TPSA) is 93.4 Å². The minimum absolute atomic E-state index is 0.188. The molecule has 2 rings (SSSR count). The van der Waals surface area contributed by atoms with Gasteiger partial charge in [0.2, 0.25) is 0 Å². The molecule has 0 aromatic heterocycles. The molecule has 24 heavy (non-hydrogen) atoms. The Hall–Kier alpha value is -2.86. The van der Waals surface area contributed by atoms with Gasteiger partial charge in [0, 0.05) is 24.4 Å². The zero-order valence-electron chi connectivity index (χ0n) is 13.5. The second-order valence-corrected chi connectivity index (χ2v) is 5.16. The zero-order valence-corrected chi connectivity index (χ0v) is 13.5. The quantitative estimate of drug-likeness (QED) is 0.730. The molecule has 6 heteroatoms. The molecule has 2 aromatic carbocycles. The zero-order chi connectivity index (χ0) is 17.4. The number of amides is 3. The first kappa shape index (κ1) is 17.5. The molecule has 0 aliphatic heterocycles. The van der Waals surface area contributed by atoms with Crippen LogP contribution in [0, 0.1) is 0 Å². The van der Waals surface area contributed by atoms with Crippen molar-refractivity contribution in [3.05, 3.63) is 65.2 Å². The summed E-state index contributed by atoms with van der Waals surface area (Å²) in [7, 11) is 0. The van der Waals surface area contributed by atoms with Gasteiger partial charge >= 0.3 is 6.03 Å². The number of urea groups is 1. The van der Waals surface area contributed by atoms with Crippen LogP contribution in [0.5, 0.6) is 0 Å². The Morgan fingerprint density at radius 1 is 1.04 bits per heavy atom. The summed E-state index contributed by atoms with van der Waals surface area (Å²) in [5.74, 6) is -0.188. The molecule has 0 fully saturated rings. The molecule has 0 radical (unpaired) electrons. The third kappa shape index (κ3) is 5.10. The van der Waals surface area contributed by atoms with Crippen molar-refractivity contribution in [1.82, 2.24) is 5.32 Å². The Kier molecular flexibility index (Phi) is 6.33. The number of carbonyl (C=O) groups is 2. The van der Waals surface area contributed by atoms with E-state index in [9.17, 15) is 9.59 Å². The number of nitrogens with two attached hydrogens (primary N) is 1. The fraction of sp³-hybridized carbons (Fsp3) is 0.222. The lowest BCUT2D eigenvalue weighted by molar-refractivity contribution is 0.0950. The van der Waals surface area contributed by atoms with Gasteiger partial charge in [-0.2, -0.15) is 0 Å². The van der Waals surface area contributed by atoms with Gasteiger partial charge in [-0.05, 0) is 42.3 Å². The van der Waals surface area contributed by atoms with Crippen LogP contribution in [0.15, 0.2) is 48.5 Å². The van der Waals surface area contributed by atoms with Crippen LogP contribution in [0.2, 0.25) is 0 Å². The highest BCUT2D eigenvalue weighted by Gasteiger charge is 2.08. The van der Waals surface area contributed by atoms with Crippen molar-refractivity contribution in [2.45, 2.75) is 20.1 Å². The number of carbonyl (C=O) groups excluding carboxylic acids is 2. The van der Waals surface area contributed by atoms with Crippen LogP contribution >= 0.6 is 0 Å². The number of primary amides is 1. The van der Waals surface area contributed by atoms with E-state index in [2.05, 4.69) is 10.6 Å². The Bertz CT molecular complexity index is 699. The van der Waals surface area contributed by atoms with E-state index in [1.54, 1.807) is 24.3 Å². The highest BCUT2D eigenvalue weighted by molar-refractivity contribution is 5.95. The summed E-state index contributed by atoms with van der Waals surface area (Å²) < 4.78 is 5.44. The summed E-state index contributed by atoms with van der Waals surface area (Å²) in [5.41, 5.74) is 8.17. The van der Waals surface area contributed by atoms with Crippen molar-refractivity contribution in [1.29, 1.82) is 0 Å². The number of rotatable bonds is 7. The van der Waals surface area contributed by atoms with Gasteiger partial charge in [0.25, 0.3) is 5.91 Å². The molecule has 0 spiro atoms. The van der Waals surface area contributed by atoms with Gasteiger partial charge in [0.15, 0.2) is 0 Å². The van der Waals surface area contributed by atoms with Crippen LogP contribution < -0.4 is 16.4 Å². The summed E-state index contributed by atoms with van der Waals surface area (Å²) >= 11 is 0. The summed E-state index contributed by atoms with van der Waals surface area (Å²) in [6.45, 7) is 3.53. The van der Waals surface area contributed by atoms with E-state index in [0.29, 0.717) is 31.0 Å². The molecular weight excluding hydrogens is 306 g/mol. The van der Waals surface area contributed by atoms with Crippen molar-refractivity contribution >= 4 is 17.6 Å². The first-order chi connectivity index (χ1) is 11.6. The molecule has 0 aliphatic rings. The first-order valence-electron chi connectivity index (χ1n) is 7.69. The fourth-order valence-electron chi connectivity index (χ4n) is 2.21. The summed E-state index contributed by atoms with van der Waals surface area (Å²) in [6.07, 6.45) is 0. The Morgan fingerprint density at radius 3 is 2.33 bits per heavy atom. The first-order valence-corrected chi connectivity index (χ1v) is 7.69. The largest absolute Gasteiger partial charge is 0.377 e. The molecule has 0 atom stereocenters. The summed E-state index contributed by atoms with van der Waals surface area (Å²) in [6, 6.07) is 13.7. The molecule has 0 unspecified atom stereocenters. The molecule has 2 aromatic rings. The Balaban J connectivity index is 1.97. The Morgan fingerprint density at radius 2 is 1.71 bits per heavy atom. The van der Waals surface area contributed by atoms with Gasteiger partial charge in [-0.3, -0.25) is 4.79 Å². The van der Waals surface area contributed by atoms with Gasteiger partial charge in [-0.25, -0.2) is 4.79 Å². The normalized spacial score (nSPS) is 10.2. The molecule has 4 N–H and O–H groups in total. The lowest BCUT2D eigenvalue weighted by atomic mass is 10.1. The monoisotopic (exact) mass is 327 g/mol. The van der Waals surface area contributed by atoms with Gasteiger partial charge in [0.05, 0.1) is 6.61 Å². The molecule has 0 saturated heterocycles. The minimum atomic E-state index is -0.641. The van der Waals surface area contributed by atoms with E-state index < -0.39 is 6.03 Å². The highest BCUT2D eigenvalue weighted by Crippen LogP contribution is 2.12. The lowest BCUT2D eigenvalue weighted by Gasteiger charge is -2.11. The van der Waals surface area contributed by atoms with Crippen molar-refractivity contribution < 1.29 is 14.3 Å². The predicted molar refractivity (Wildman–Crippen MR) is 92.6 cm³/mol. The van der Waals surface area contributed by atoms with E-state index in [0.717, 1.165) is 11.1 Å². The molecule has 3 amide bonds. The van der Waals surface area contributed by atoms with E-state index in [1.807, 2.05) is 31.2 Å². The summed E-state index contributed by atoms with van der Waals surface area (Å²) in [5, 5.41) is 5.33. The lowest BCUT2D eigenvalue weighted by Crippen LogP contribution is -2.23. The highest BCUT2D eigenvalue weighted by atomic mass is 16.5. The molecule has 0 heterocycles. The van der Waals surface area contributed by atoms with Gasteiger partial charge in [0.1, 0.15) is 0 Å². The standard InChI is InChI=1S/C18H21N3O3/c1-2-24-12-15-6-4-3-5-14(15)11-20-17(22)13-7-9-16(10-8-13)21-18(19)23/h3-10H,2,11-12H2,1H3,(H,20,22)(H3,19,21,23). The van der Waals surface area contributed by atoms with Crippen molar-refractivity contribution in [3.63, 3.8) is 0 Å². The molecule has 126 valence electrons.